The van der Waals surface area contributed by atoms with Crippen LogP contribution in [0.5, 0.6) is 0 Å². The number of thioether (sulfide) groups is 1. The molecule has 3 heteroatoms. The summed E-state index contributed by atoms with van der Waals surface area (Å²) < 4.78 is 0. The first-order chi connectivity index (χ1) is 7.88. The molecule has 1 nitrogen and oxygen atoms in total. The summed E-state index contributed by atoms with van der Waals surface area (Å²) in [6.07, 6.45) is 5.62. The Kier molecular flexibility index (Phi) is 4.77. The summed E-state index contributed by atoms with van der Waals surface area (Å²) in [4.78, 5) is 1.40. The molecule has 0 spiro atoms. The van der Waals surface area contributed by atoms with Crippen molar-refractivity contribution in [2.24, 2.45) is 0 Å². The smallest absolute Gasteiger partial charge is 0.104 e. The second-order valence-electron chi connectivity index (χ2n) is 3.98. The monoisotopic (exact) mass is 252 g/mol. The van der Waals surface area contributed by atoms with Crippen LogP contribution in [0.1, 0.15) is 36.1 Å². The maximum absolute atomic E-state index is 8.61. The van der Waals surface area contributed by atoms with E-state index in [1.807, 2.05) is 0 Å². The Balaban J connectivity index is 1.82. The Hall–Kier alpha value is -0.430. The molecule has 2 rings (SSSR count). The fraction of sp³-hybridized carbons (Fsp3) is 0.538. The lowest BCUT2D eigenvalue weighted by atomic mass is 10.3. The molecule has 16 heavy (non-hydrogen) atoms. The Labute approximate surface area is 105 Å². The van der Waals surface area contributed by atoms with Crippen LogP contribution < -0.4 is 0 Å². The lowest BCUT2D eigenvalue weighted by Crippen LogP contribution is -1.93. The number of aliphatic hydroxyl groups is 1. The number of hydrogen-bond acceptors (Lipinski definition) is 3. The van der Waals surface area contributed by atoms with Gasteiger partial charge in [-0.15, -0.1) is 11.3 Å². The molecule has 1 N–H and O–H groups in total. The highest BCUT2D eigenvalue weighted by Crippen LogP contribution is 2.32. The third-order valence-electron chi connectivity index (χ3n) is 2.73. The molecule has 1 saturated carbocycles. The van der Waals surface area contributed by atoms with Crippen molar-refractivity contribution in [3.63, 3.8) is 0 Å². The second-order valence-corrected chi connectivity index (χ2v) is 6.26. The van der Waals surface area contributed by atoms with Crippen LogP contribution in [0.4, 0.5) is 0 Å². The van der Waals surface area contributed by atoms with E-state index in [0.717, 1.165) is 16.6 Å². The van der Waals surface area contributed by atoms with E-state index in [4.69, 9.17) is 5.11 Å². The van der Waals surface area contributed by atoms with Gasteiger partial charge in [0, 0.05) is 26.8 Å². The molecule has 1 aromatic heterocycles. The molecule has 1 aromatic rings. The van der Waals surface area contributed by atoms with Crippen LogP contribution in [-0.2, 0) is 5.75 Å². The molecule has 0 saturated heterocycles. The van der Waals surface area contributed by atoms with E-state index in [2.05, 4.69) is 35.0 Å². The van der Waals surface area contributed by atoms with E-state index >= 15 is 0 Å². The molecule has 86 valence electrons. The summed E-state index contributed by atoms with van der Waals surface area (Å²) in [5.41, 5.74) is 1.04. The predicted octanol–water partition coefficient (Wildman–Crippen LogP) is 3.27. The molecule has 1 fully saturated rings. The van der Waals surface area contributed by atoms with Gasteiger partial charge < -0.3 is 5.11 Å². The Bertz CT molecular complexity index is 380. The van der Waals surface area contributed by atoms with Gasteiger partial charge in [-0.05, 0) is 18.9 Å². The van der Waals surface area contributed by atoms with Crippen molar-refractivity contribution in [1.29, 1.82) is 0 Å². The van der Waals surface area contributed by atoms with E-state index in [-0.39, 0.29) is 6.61 Å². The summed E-state index contributed by atoms with van der Waals surface area (Å²) >= 11 is 3.87. The minimum atomic E-state index is -0.0536. The lowest BCUT2D eigenvalue weighted by Gasteiger charge is -2.06. The van der Waals surface area contributed by atoms with E-state index in [1.54, 1.807) is 11.3 Å². The summed E-state index contributed by atoms with van der Waals surface area (Å²) in [7, 11) is 0. The maximum atomic E-state index is 8.61. The Morgan fingerprint density at radius 2 is 2.25 bits per heavy atom. The van der Waals surface area contributed by atoms with Crippen molar-refractivity contribution in [3.8, 4) is 11.8 Å². The standard InChI is InChI=1S/C13H16OS2/c14-7-3-4-11-8-13(15-9-11)10-16-12-5-1-2-6-12/h8-9,12,14H,1-2,5-7,10H2. The molecular weight excluding hydrogens is 236 g/mol. The van der Waals surface area contributed by atoms with Crippen LogP contribution in [0.25, 0.3) is 0 Å². The molecule has 0 aromatic carbocycles. The van der Waals surface area contributed by atoms with Crippen LogP contribution in [0.3, 0.4) is 0 Å². The summed E-state index contributed by atoms with van der Waals surface area (Å²) in [5.74, 6) is 6.75. The van der Waals surface area contributed by atoms with Crippen molar-refractivity contribution in [2.45, 2.75) is 36.7 Å². The SMILES string of the molecule is OCC#Cc1csc(CSC2CCCC2)c1. The van der Waals surface area contributed by atoms with Gasteiger partial charge in [-0.1, -0.05) is 24.7 Å². The first-order valence-corrected chi connectivity index (χ1v) is 7.60. The topological polar surface area (TPSA) is 20.2 Å². The van der Waals surface area contributed by atoms with Crippen molar-refractivity contribution in [3.05, 3.63) is 21.9 Å². The van der Waals surface area contributed by atoms with Crippen LogP contribution in [-0.4, -0.2) is 17.0 Å². The quantitative estimate of drug-likeness (QED) is 0.833. The highest BCUT2D eigenvalue weighted by Gasteiger charge is 2.15. The molecule has 1 aliphatic carbocycles. The fourth-order valence-corrected chi connectivity index (χ4v) is 4.15. The Morgan fingerprint density at radius 1 is 1.44 bits per heavy atom. The number of aliphatic hydroxyl groups excluding tert-OH is 1. The lowest BCUT2D eigenvalue weighted by molar-refractivity contribution is 0.350. The molecule has 1 heterocycles. The summed E-state index contributed by atoms with van der Waals surface area (Å²) in [6, 6.07) is 2.15. The largest absolute Gasteiger partial charge is 0.384 e. The highest BCUT2D eigenvalue weighted by atomic mass is 32.2. The van der Waals surface area contributed by atoms with Crippen LogP contribution in [0.2, 0.25) is 0 Å². The zero-order valence-corrected chi connectivity index (χ0v) is 10.9. The van der Waals surface area contributed by atoms with Gasteiger partial charge in [0.25, 0.3) is 0 Å². The fourth-order valence-electron chi connectivity index (χ4n) is 1.92. The van der Waals surface area contributed by atoms with Gasteiger partial charge in [-0.25, -0.2) is 0 Å². The van der Waals surface area contributed by atoms with Crippen LogP contribution >= 0.6 is 23.1 Å². The van der Waals surface area contributed by atoms with Crippen molar-refractivity contribution < 1.29 is 5.11 Å². The predicted molar refractivity (Wildman–Crippen MR) is 71.8 cm³/mol. The van der Waals surface area contributed by atoms with Gasteiger partial charge in [0.05, 0.1) is 0 Å². The van der Waals surface area contributed by atoms with Gasteiger partial charge in [0.1, 0.15) is 6.61 Å². The molecule has 0 aliphatic heterocycles. The number of hydrogen-bond donors (Lipinski definition) is 1. The third-order valence-corrected chi connectivity index (χ3v) is 5.27. The first kappa shape index (κ1) is 12.0. The molecule has 0 radical (unpaired) electrons. The van der Waals surface area contributed by atoms with Crippen LogP contribution in [0.15, 0.2) is 11.4 Å². The summed E-state index contributed by atoms with van der Waals surface area (Å²) in [6.45, 7) is -0.0536. The minimum absolute atomic E-state index is 0.0536. The average Bonchev–Trinajstić information content (AvgIpc) is 2.95. The highest BCUT2D eigenvalue weighted by molar-refractivity contribution is 7.99. The number of rotatable bonds is 3. The van der Waals surface area contributed by atoms with E-state index in [9.17, 15) is 0 Å². The average molecular weight is 252 g/mol. The molecule has 0 unspecified atom stereocenters. The minimum Gasteiger partial charge on any atom is -0.384 e. The zero-order chi connectivity index (χ0) is 11.2. The second kappa shape index (κ2) is 6.34. The molecular formula is C13H16OS2. The molecule has 0 atom stereocenters. The van der Waals surface area contributed by atoms with Gasteiger partial charge in [0.2, 0.25) is 0 Å². The van der Waals surface area contributed by atoms with Crippen molar-refractivity contribution in [2.75, 3.05) is 6.61 Å². The van der Waals surface area contributed by atoms with E-state index in [0.29, 0.717) is 0 Å². The molecule has 1 aliphatic rings. The maximum Gasteiger partial charge on any atom is 0.104 e. The first-order valence-electron chi connectivity index (χ1n) is 5.67. The Morgan fingerprint density at radius 3 is 3.00 bits per heavy atom. The third kappa shape index (κ3) is 3.55. The van der Waals surface area contributed by atoms with E-state index < -0.39 is 0 Å². The molecule has 0 amide bonds. The molecule has 0 bridgehead atoms. The van der Waals surface area contributed by atoms with Crippen molar-refractivity contribution >= 4 is 23.1 Å². The van der Waals surface area contributed by atoms with Gasteiger partial charge in [-0.2, -0.15) is 11.8 Å². The van der Waals surface area contributed by atoms with Crippen LogP contribution in [0, 0.1) is 11.8 Å². The number of thiophene rings is 1. The zero-order valence-electron chi connectivity index (χ0n) is 9.24. The van der Waals surface area contributed by atoms with Crippen molar-refractivity contribution in [1.82, 2.24) is 0 Å². The van der Waals surface area contributed by atoms with E-state index in [1.165, 1.54) is 30.6 Å². The van der Waals surface area contributed by atoms with Gasteiger partial charge >= 0.3 is 0 Å². The summed E-state index contributed by atoms with van der Waals surface area (Å²) in [5, 5.41) is 11.6. The van der Waals surface area contributed by atoms with Gasteiger partial charge in [0.15, 0.2) is 0 Å². The normalized spacial score (nSPS) is 16.1. The van der Waals surface area contributed by atoms with Gasteiger partial charge in [-0.3, -0.25) is 0 Å².